The molecular formula is C12H18FN3O. The van der Waals surface area contributed by atoms with Crippen molar-refractivity contribution in [3.05, 3.63) is 24.0 Å². The van der Waals surface area contributed by atoms with Crippen molar-refractivity contribution in [2.24, 2.45) is 11.7 Å². The summed E-state index contributed by atoms with van der Waals surface area (Å²) in [5, 5.41) is 0. The lowest BCUT2D eigenvalue weighted by atomic mass is 10.1. The van der Waals surface area contributed by atoms with Crippen LogP contribution in [-0.2, 0) is 4.79 Å². The summed E-state index contributed by atoms with van der Waals surface area (Å²) < 4.78 is 12.9. The zero-order valence-corrected chi connectivity index (χ0v) is 10.1. The van der Waals surface area contributed by atoms with E-state index in [0.717, 1.165) is 0 Å². The average molecular weight is 239 g/mol. The summed E-state index contributed by atoms with van der Waals surface area (Å²) in [6, 6.07) is 4.12. The van der Waals surface area contributed by atoms with Crippen LogP contribution < -0.4 is 16.4 Å². The van der Waals surface area contributed by atoms with E-state index < -0.39 is 11.7 Å². The fraction of sp³-hybridized carbons (Fsp3) is 0.417. The van der Waals surface area contributed by atoms with Crippen molar-refractivity contribution in [3.8, 4) is 0 Å². The minimum atomic E-state index is -0.436. The summed E-state index contributed by atoms with van der Waals surface area (Å²) in [6.45, 7) is 4.76. The maximum Gasteiger partial charge on any atom is 0.236 e. The van der Waals surface area contributed by atoms with Crippen molar-refractivity contribution >= 4 is 17.3 Å². The molecule has 0 aliphatic carbocycles. The van der Waals surface area contributed by atoms with Gasteiger partial charge in [0.15, 0.2) is 0 Å². The van der Waals surface area contributed by atoms with Gasteiger partial charge in [-0.05, 0) is 24.1 Å². The predicted molar refractivity (Wildman–Crippen MR) is 67.1 cm³/mol. The Bertz CT molecular complexity index is 407. The molecule has 17 heavy (non-hydrogen) atoms. The highest BCUT2D eigenvalue weighted by atomic mass is 19.1. The van der Waals surface area contributed by atoms with Crippen molar-refractivity contribution in [1.29, 1.82) is 0 Å². The van der Waals surface area contributed by atoms with Crippen LogP contribution in [0.25, 0.3) is 0 Å². The second kappa shape index (κ2) is 5.52. The number of benzene rings is 1. The van der Waals surface area contributed by atoms with Gasteiger partial charge >= 0.3 is 0 Å². The Labute approximate surface area is 100 Å². The fourth-order valence-corrected chi connectivity index (χ4v) is 1.69. The Hall–Kier alpha value is -1.78. The summed E-state index contributed by atoms with van der Waals surface area (Å²) in [4.78, 5) is 12.8. The van der Waals surface area contributed by atoms with Gasteiger partial charge in [0.2, 0.25) is 5.91 Å². The van der Waals surface area contributed by atoms with Crippen LogP contribution in [-0.4, -0.2) is 19.0 Å². The lowest BCUT2D eigenvalue weighted by molar-refractivity contribution is -0.116. The first-order valence-corrected chi connectivity index (χ1v) is 5.48. The maximum absolute atomic E-state index is 12.9. The Morgan fingerprint density at radius 1 is 1.47 bits per heavy atom. The van der Waals surface area contributed by atoms with Gasteiger partial charge in [0, 0.05) is 6.54 Å². The van der Waals surface area contributed by atoms with Crippen LogP contribution >= 0.6 is 0 Å². The van der Waals surface area contributed by atoms with Crippen LogP contribution in [0, 0.1) is 11.7 Å². The average Bonchev–Trinajstić information content (AvgIpc) is 2.14. The van der Waals surface area contributed by atoms with Gasteiger partial charge in [-0.3, -0.25) is 4.79 Å². The van der Waals surface area contributed by atoms with Crippen LogP contribution in [0.3, 0.4) is 0 Å². The summed E-state index contributed by atoms with van der Waals surface area (Å²) in [5.41, 5.74) is 11.9. The molecule has 4 nitrogen and oxygen atoms in total. The number of hydrogen-bond donors (Lipinski definition) is 2. The Morgan fingerprint density at radius 2 is 2.12 bits per heavy atom. The molecule has 0 aromatic heterocycles. The maximum atomic E-state index is 12.9. The molecule has 0 heterocycles. The third kappa shape index (κ3) is 3.94. The smallest absolute Gasteiger partial charge is 0.236 e. The van der Waals surface area contributed by atoms with Crippen LogP contribution in [0.1, 0.15) is 13.8 Å². The molecule has 0 saturated carbocycles. The topological polar surface area (TPSA) is 72.3 Å². The SMILES string of the molecule is CC(C)CN(CC(N)=O)c1ccc(F)cc1N. The molecule has 0 aliphatic rings. The van der Waals surface area contributed by atoms with Gasteiger partial charge in [-0.15, -0.1) is 0 Å². The molecule has 4 N–H and O–H groups in total. The normalized spacial score (nSPS) is 10.6. The van der Waals surface area contributed by atoms with E-state index in [-0.39, 0.29) is 6.54 Å². The van der Waals surface area contributed by atoms with E-state index >= 15 is 0 Å². The molecule has 5 heteroatoms. The van der Waals surface area contributed by atoms with E-state index in [1.165, 1.54) is 12.1 Å². The minimum Gasteiger partial charge on any atom is -0.397 e. The number of hydrogen-bond acceptors (Lipinski definition) is 3. The van der Waals surface area contributed by atoms with E-state index in [0.29, 0.717) is 23.8 Å². The van der Waals surface area contributed by atoms with Gasteiger partial charge < -0.3 is 16.4 Å². The van der Waals surface area contributed by atoms with Crippen molar-refractivity contribution in [2.75, 3.05) is 23.7 Å². The number of nitrogens with two attached hydrogens (primary N) is 2. The molecule has 94 valence electrons. The standard InChI is InChI=1S/C12H18FN3O/c1-8(2)6-16(7-12(15)17)11-4-3-9(13)5-10(11)14/h3-5,8H,6-7,14H2,1-2H3,(H2,15,17). The lowest BCUT2D eigenvalue weighted by Crippen LogP contribution is -2.36. The van der Waals surface area contributed by atoms with Crippen molar-refractivity contribution in [2.45, 2.75) is 13.8 Å². The molecule has 1 rings (SSSR count). The summed E-state index contributed by atoms with van der Waals surface area (Å²) >= 11 is 0. The molecule has 1 aromatic carbocycles. The molecule has 0 aliphatic heterocycles. The van der Waals surface area contributed by atoms with E-state index in [2.05, 4.69) is 0 Å². The Kier molecular flexibility index (Phi) is 4.31. The summed E-state index contributed by atoms with van der Waals surface area (Å²) in [7, 11) is 0. The number of halogens is 1. The molecule has 0 spiro atoms. The third-order valence-corrected chi connectivity index (χ3v) is 2.26. The number of nitrogen functional groups attached to an aromatic ring is 1. The molecular weight excluding hydrogens is 221 g/mol. The Morgan fingerprint density at radius 3 is 2.59 bits per heavy atom. The summed E-state index contributed by atoms with van der Waals surface area (Å²) in [6.07, 6.45) is 0. The molecule has 1 amide bonds. The second-order valence-electron chi connectivity index (χ2n) is 4.44. The van der Waals surface area contributed by atoms with Gasteiger partial charge in [-0.25, -0.2) is 4.39 Å². The first kappa shape index (κ1) is 13.3. The molecule has 0 saturated heterocycles. The van der Waals surface area contributed by atoms with Crippen molar-refractivity contribution < 1.29 is 9.18 Å². The van der Waals surface area contributed by atoms with Crippen molar-refractivity contribution in [3.63, 3.8) is 0 Å². The van der Waals surface area contributed by atoms with Crippen LogP contribution in [0.2, 0.25) is 0 Å². The highest BCUT2D eigenvalue weighted by molar-refractivity contribution is 5.81. The van der Waals surface area contributed by atoms with Gasteiger partial charge in [-0.2, -0.15) is 0 Å². The van der Waals surface area contributed by atoms with E-state index in [1.54, 1.807) is 11.0 Å². The zero-order chi connectivity index (χ0) is 13.0. The van der Waals surface area contributed by atoms with Gasteiger partial charge in [-0.1, -0.05) is 13.8 Å². The monoisotopic (exact) mass is 239 g/mol. The van der Waals surface area contributed by atoms with Crippen LogP contribution in [0.5, 0.6) is 0 Å². The molecule has 0 unspecified atom stereocenters. The van der Waals surface area contributed by atoms with Gasteiger partial charge in [0.05, 0.1) is 17.9 Å². The number of primary amides is 1. The second-order valence-corrected chi connectivity index (χ2v) is 4.44. The molecule has 1 aromatic rings. The first-order valence-electron chi connectivity index (χ1n) is 5.48. The lowest BCUT2D eigenvalue weighted by Gasteiger charge is -2.26. The fourth-order valence-electron chi connectivity index (χ4n) is 1.69. The third-order valence-electron chi connectivity index (χ3n) is 2.26. The highest BCUT2D eigenvalue weighted by Gasteiger charge is 2.14. The number of rotatable bonds is 5. The van der Waals surface area contributed by atoms with Crippen LogP contribution in [0.15, 0.2) is 18.2 Å². The minimum absolute atomic E-state index is 0.0774. The number of anilines is 2. The first-order chi connectivity index (χ1) is 7.90. The van der Waals surface area contributed by atoms with E-state index in [4.69, 9.17) is 11.5 Å². The van der Waals surface area contributed by atoms with E-state index in [1.807, 2.05) is 13.8 Å². The van der Waals surface area contributed by atoms with Gasteiger partial charge in [0.25, 0.3) is 0 Å². The quantitative estimate of drug-likeness (QED) is 0.762. The molecule has 0 atom stereocenters. The zero-order valence-electron chi connectivity index (χ0n) is 10.1. The predicted octanol–water partition coefficient (Wildman–Crippen LogP) is 1.36. The van der Waals surface area contributed by atoms with E-state index in [9.17, 15) is 9.18 Å². The highest BCUT2D eigenvalue weighted by Crippen LogP contribution is 2.24. The Balaban J connectivity index is 2.98. The molecule has 0 radical (unpaired) electrons. The number of carbonyl (C=O) groups is 1. The number of amides is 1. The largest absolute Gasteiger partial charge is 0.397 e. The summed E-state index contributed by atoms with van der Waals surface area (Å²) in [5.74, 6) is -0.483. The van der Waals surface area contributed by atoms with Crippen LogP contribution in [0.4, 0.5) is 15.8 Å². The molecule has 0 fully saturated rings. The van der Waals surface area contributed by atoms with Crippen molar-refractivity contribution in [1.82, 2.24) is 0 Å². The molecule has 0 bridgehead atoms. The number of nitrogens with zero attached hydrogens (tertiary/aromatic N) is 1. The number of carbonyl (C=O) groups excluding carboxylic acids is 1. The van der Waals surface area contributed by atoms with Gasteiger partial charge in [0.1, 0.15) is 5.82 Å².